The molecule has 1 N–H and O–H groups in total. The Kier molecular flexibility index (Phi) is 6.40. The number of amides is 1. The minimum absolute atomic E-state index is 0.0843. The highest BCUT2D eigenvalue weighted by molar-refractivity contribution is 5.69. The lowest BCUT2D eigenvalue weighted by Gasteiger charge is -2.38. The molecule has 0 fully saturated rings. The lowest BCUT2D eigenvalue weighted by Crippen LogP contribution is -2.75. The number of nitrogens with one attached hydrogen (secondary N) is 1. The zero-order chi connectivity index (χ0) is 17.8. The first-order chi connectivity index (χ1) is 9.70. The zero-order valence-electron chi connectivity index (χ0n) is 11.0. The summed E-state index contributed by atoms with van der Waals surface area (Å²) in [6.07, 6.45) is -21.9. The molecule has 0 saturated carbocycles. The Labute approximate surface area is 118 Å². The van der Waals surface area contributed by atoms with Gasteiger partial charge in [-0.2, -0.15) is 39.5 Å². The van der Waals surface area contributed by atoms with Crippen molar-refractivity contribution in [1.82, 2.24) is 5.32 Å². The second kappa shape index (κ2) is 6.82. The Balaban J connectivity index is 5.40. The molecule has 0 atom stereocenters. The first kappa shape index (κ1) is 20.6. The minimum Gasteiger partial charge on any atom is -0.450 e. The standard InChI is InChI=1S/C10H12F9NO2/c1-2-3-4-5-22-6(21)20-7(8(11,12)13,9(14,15)16)10(17,18)19/h2-5H2,1H3,(H,20,21). The highest BCUT2D eigenvalue weighted by atomic mass is 19.4. The van der Waals surface area contributed by atoms with Crippen molar-refractivity contribution in [3.8, 4) is 0 Å². The Bertz CT molecular complexity index is 336. The summed E-state index contributed by atoms with van der Waals surface area (Å²) in [4.78, 5) is 10.9. The highest BCUT2D eigenvalue weighted by Crippen LogP contribution is 2.52. The van der Waals surface area contributed by atoms with E-state index in [0.29, 0.717) is 12.8 Å². The molecule has 0 saturated heterocycles. The van der Waals surface area contributed by atoms with E-state index < -0.39 is 36.8 Å². The fraction of sp³-hybridized carbons (Fsp3) is 0.900. The number of carbonyl (C=O) groups excluding carboxylic acids is 1. The van der Waals surface area contributed by atoms with E-state index >= 15 is 0 Å². The molecule has 0 unspecified atom stereocenters. The summed E-state index contributed by atoms with van der Waals surface area (Å²) in [5.41, 5.74) is -6.39. The summed E-state index contributed by atoms with van der Waals surface area (Å²) in [6, 6.07) is 0. The second-order valence-electron chi connectivity index (χ2n) is 4.21. The van der Waals surface area contributed by atoms with E-state index in [1.807, 2.05) is 0 Å². The van der Waals surface area contributed by atoms with Crippen LogP contribution in [0, 0.1) is 0 Å². The van der Waals surface area contributed by atoms with Gasteiger partial charge in [0.2, 0.25) is 0 Å². The van der Waals surface area contributed by atoms with E-state index in [0.717, 1.165) is 0 Å². The molecule has 1 amide bonds. The Morgan fingerprint density at radius 3 is 1.59 bits per heavy atom. The number of ether oxygens (including phenoxy) is 1. The maximum atomic E-state index is 12.5. The number of carbonyl (C=O) groups is 1. The molecule has 0 aliphatic heterocycles. The van der Waals surface area contributed by atoms with E-state index in [9.17, 15) is 44.3 Å². The minimum atomic E-state index is -6.86. The quantitative estimate of drug-likeness (QED) is 0.593. The van der Waals surface area contributed by atoms with Gasteiger partial charge in [0.05, 0.1) is 6.61 Å². The third-order valence-electron chi connectivity index (χ3n) is 2.55. The largest absolute Gasteiger partial charge is 0.450 e. The molecule has 0 radical (unpaired) electrons. The van der Waals surface area contributed by atoms with Crippen molar-refractivity contribution in [2.45, 2.75) is 50.3 Å². The molecule has 132 valence electrons. The van der Waals surface area contributed by atoms with Gasteiger partial charge in [-0.25, -0.2) is 4.79 Å². The van der Waals surface area contributed by atoms with Crippen LogP contribution in [0.2, 0.25) is 0 Å². The van der Waals surface area contributed by atoms with Crippen LogP contribution < -0.4 is 5.32 Å². The van der Waals surface area contributed by atoms with Crippen molar-refractivity contribution in [1.29, 1.82) is 0 Å². The molecule has 0 rings (SSSR count). The maximum absolute atomic E-state index is 12.5. The molecule has 0 aliphatic rings. The monoisotopic (exact) mass is 349 g/mol. The molecule has 3 nitrogen and oxygen atoms in total. The summed E-state index contributed by atoms with van der Waals surface area (Å²) in [5.74, 6) is 0. The number of halogens is 9. The fourth-order valence-electron chi connectivity index (χ4n) is 1.40. The Morgan fingerprint density at radius 1 is 0.864 bits per heavy atom. The van der Waals surface area contributed by atoms with Crippen molar-refractivity contribution in [3.63, 3.8) is 0 Å². The predicted molar refractivity (Wildman–Crippen MR) is 54.9 cm³/mol. The Hall–Kier alpha value is -1.36. The number of hydrogen-bond acceptors (Lipinski definition) is 2. The van der Waals surface area contributed by atoms with Gasteiger partial charge in [-0.1, -0.05) is 19.8 Å². The van der Waals surface area contributed by atoms with Crippen LogP contribution in [0.25, 0.3) is 0 Å². The first-order valence-corrected chi connectivity index (χ1v) is 5.85. The van der Waals surface area contributed by atoms with Crippen molar-refractivity contribution < 1.29 is 49.0 Å². The molecule has 22 heavy (non-hydrogen) atoms. The molecule has 0 aromatic heterocycles. The third kappa shape index (κ3) is 4.32. The van der Waals surface area contributed by atoms with E-state index in [4.69, 9.17) is 0 Å². The Morgan fingerprint density at radius 2 is 1.27 bits per heavy atom. The predicted octanol–water partition coefficient (Wildman–Crippen LogP) is 4.33. The summed E-state index contributed by atoms with van der Waals surface area (Å²) < 4.78 is 116. The summed E-state index contributed by atoms with van der Waals surface area (Å²) in [5, 5.41) is -0.109. The maximum Gasteiger partial charge on any atom is 0.429 e. The molecule has 0 aliphatic carbocycles. The van der Waals surface area contributed by atoms with Crippen molar-refractivity contribution >= 4 is 6.09 Å². The molecule has 0 aromatic carbocycles. The van der Waals surface area contributed by atoms with Crippen LogP contribution in [0.1, 0.15) is 26.2 Å². The van der Waals surface area contributed by atoms with Crippen LogP contribution in [-0.2, 0) is 4.74 Å². The van der Waals surface area contributed by atoms with Crippen LogP contribution in [0.3, 0.4) is 0 Å². The topological polar surface area (TPSA) is 38.3 Å². The summed E-state index contributed by atoms with van der Waals surface area (Å²) in [6.45, 7) is 1.09. The summed E-state index contributed by atoms with van der Waals surface area (Å²) >= 11 is 0. The second-order valence-corrected chi connectivity index (χ2v) is 4.21. The average molecular weight is 349 g/mol. The molecule has 12 heteroatoms. The molecular formula is C10H12F9NO2. The molecular weight excluding hydrogens is 337 g/mol. The van der Waals surface area contributed by atoms with Gasteiger partial charge in [0.25, 0.3) is 0 Å². The number of alkyl halides is 9. The van der Waals surface area contributed by atoms with Crippen LogP contribution in [0.5, 0.6) is 0 Å². The van der Waals surface area contributed by atoms with Gasteiger partial charge >= 0.3 is 30.2 Å². The van der Waals surface area contributed by atoms with Gasteiger partial charge in [0.15, 0.2) is 0 Å². The van der Waals surface area contributed by atoms with Crippen LogP contribution >= 0.6 is 0 Å². The third-order valence-corrected chi connectivity index (χ3v) is 2.55. The van der Waals surface area contributed by atoms with E-state index in [1.54, 1.807) is 6.92 Å². The van der Waals surface area contributed by atoms with Crippen molar-refractivity contribution in [3.05, 3.63) is 0 Å². The van der Waals surface area contributed by atoms with Gasteiger partial charge in [-0.15, -0.1) is 0 Å². The van der Waals surface area contributed by atoms with E-state index in [-0.39, 0.29) is 11.7 Å². The van der Waals surface area contributed by atoms with E-state index in [2.05, 4.69) is 4.74 Å². The number of rotatable bonds is 5. The summed E-state index contributed by atoms with van der Waals surface area (Å²) in [7, 11) is 0. The highest BCUT2D eigenvalue weighted by Gasteiger charge is 2.85. The number of hydrogen-bond donors (Lipinski definition) is 1. The molecule has 0 heterocycles. The smallest absolute Gasteiger partial charge is 0.429 e. The lowest BCUT2D eigenvalue weighted by atomic mass is 9.97. The van der Waals surface area contributed by atoms with Crippen LogP contribution in [-0.4, -0.2) is 36.8 Å². The van der Waals surface area contributed by atoms with Gasteiger partial charge in [0.1, 0.15) is 0 Å². The first-order valence-electron chi connectivity index (χ1n) is 5.85. The van der Waals surface area contributed by atoms with Gasteiger partial charge in [-0.05, 0) is 6.42 Å². The SMILES string of the molecule is CCCCCOC(=O)NC(C(F)(F)F)(C(F)(F)F)C(F)(F)F. The average Bonchev–Trinajstić information content (AvgIpc) is 2.26. The van der Waals surface area contributed by atoms with Crippen LogP contribution in [0.15, 0.2) is 0 Å². The van der Waals surface area contributed by atoms with E-state index in [1.165, 1.54) is 0 Å². The van der Waals surface area contributed by atoms with Crippen molar-refractivity contribution in [2.75, 3.05) is 6.61 Å². The van der Waals surface area contributed by atoms with Crippen molar-refractivity contribution in [2.24, 2.45) is 0 Å². The van der Waals surface area contributed by atoms with Crippen LogP contribution in [0.4, 0.5) is 44.3 Å². The molecule has 0 spiro atoms. The normalized spacial score (nSPS) is 13.9. The van der Waals surface area contributed by atoms with Gasteiger partial charge in [0, 0.05) is 0 Å². The van der Waals surface area contributed by atoms with Gasteiger partial charge < -0.3 is 4.74 Å². The number of alkyl carbamates (subject to hydrolysis) is 1. The fourth-order valence-corrected chi connectivity index (χ4v) is 1.40. The lowest BCUT2D eigenvalue weighted by molar-refractivity contribution is -0.387. The number of unbranched alkanes of at least 4 members (excludes halogenated alkanes) is 2. The zero-order valence-corrected chi connectivity index (χ0v) is 11.0. The van der Waals surface area contributed by atoms with Gasteiger partial charge in [-0.3, -0.25) is 5.32 Å². The molecule has 0 bridgehead atoms. The molecule has 0 aromatic rings.